The van der Waals surface area contributed by atoms with Crippen LogP contribution in [0, 0.1) is 0 Å². The van der Waals surface area contributed by atoms with E-state index in [1.165, 1.54) is 4.90 Å². The molecule has 90 valence electrons. The predicted octanol–water partition coefficient (Wildman–Crippen LogP) is 1.81. The number of piperidine rings is 1. The summed E-state index contributed by atoms with van der Waals surface area (Å²) >= 11 is 0. The van der Waals surface area contributed by atoms with Crippen LogP contribution >= 0.6 is 0 Å². The van der Waals surface area contributed by atoms with Crippen molar-refractivity contribution in [2.24, 2.45) is 0 Å². The number of aliphatic carboxylic acids is 1. The topological polar surface area (TPSA) is 57.6 Å². The van der Waals surface area contributed by atoms with Crippen molar-refractivity contribution in [1.82, 2.24) is 4.90 Å². The Labute approximate surface area is 95.9 Å². The van der Waals surface area contributed by atoms with Gasteiger partial charge in [-0.2, -0.15) is 0 Å². The van der Waals surface area contributed by atoms with E-state index in [1.54, 1.807) is 6.08 Å². The molecule has 1 rings (SSSR count). The van der Waals surface area contributed by atoms with Crippen LogP contribution in [0.3, 0.4) is 0 Å². The number of carboxylic acid groups (broad SMARTS) is 1. The highest BCUT2D eigenvalue weighted by Gasteiger charge is 2.31. The molecule has 0 spiro atoms. The zero-order chi connectivity index (χ0) is 12.0. The van der Waals surface area contributed by atoms with Gasteiger partial charge in [-0.05, 0) is 32.1 Å². The Bertz CT molecular complexity index is 275. The average Bonchev–Trinajstić information content (AvgIpc) is 2.29. The smallest absolute Gasteiger partial charge is 0.326 e. The molecule has 1 saturated heterocycles. The van der Waals surface area contributed by atoms with Crippen LogP contribution in [0.5, 0.6) is 0 Å². The molecular formula is C12H19NO3. The Kier molecular flexibility index (Phi) is 5.02. The number of nitrogens with zero attached hydrogens (tertiary/aromatic N) is 1. The van der Waals surface area contributed by atoms with Gasteiger partial charge in [0, 0.05) is 13.0 Å². The van der Waals surface area contributed by atoms with Gasteiger partial charge >= 0.3 is 5.97 Å². The molecule has 1 fully saturated rings. The second-order valence-electron chi connectivity index (χ2n) is 4.12. The van der Waals surface area contributed by atoms with Gasteiger partial charge in [0.05, 0.1) is 0 Å². The summed E-state index contributed by atoms with van der Waals surface area (Å²) in [5, 5.41) is 9.02. The number of carbonyl (C=O) groups excluding carboxylic acids is 1. The largest absolute Gasteiger partial charge is 0.480 e. The molecule has 1 aliphatic heterocycles. The summed E-state index contributed by atoms with van der Waals surface area (Å²) in [6.07, 6.45) is 6.16. The van der Waals surface area contributed by atoms with Crippen molar-refractivity contribution < 1.29 is 14.7 Å². The lowest BCUT2D eigenvalue weighted by atomic mass is 10.0. The Hall–Kier alpha value is -1.32. The molecule has 1 unspecified atom stereocenters. The Morgan fingerprint density at radius 3 is 2.81 bits per heavy atom. The first-order chi connectivity index (χ1) is 7.66. The summed E-state index contributed by atoms with van der Waals surface area (Å²) in [5.41, 5.74) is 0. The lowest BCUT2D eigenvalue weighted by Crippen LogP contribution is -2.47. The molecule has 0 aliphatic carbocycles. The summed E-state index contributed by atoms with van der Waals surface area (Å²) in [6, 6.07) is -0.606. The molecule has 1 amide bonds. The third-order valence-electron chi connectivity index (χ3n) is 2.91. The van der Waals surface area contributed by atoms with Crippen molar-refractivity contribution in [2.45, 2.75) is 44.6 Å². The van der Waals surface area contributed by atoms with Crippen molar-refractivity contribution in [3.8, 4) is 0 Å². The van der Waals surface area contributed by atoms with Crippen LogP contribution in [-0.2, 0) is 9.59 Å². The van der Waals surface area contributed by atoms with Crippen molar-refractivity contribution >= 4 is 11.9 Å². The van der Waals surface area contributed by atoms with Gasteiger partial charge in [-0.25, -0.2) is 4.79 Å². The molecule has 4 heteroatoms. The SMILES string of the molecule is C=CCCCC(=O)N1CCCCC1C(=O)O. The highest BCUT2D eigenvalue weighted by molar-refractivity contribution is 5.83. The van der Waals surface area contributed by atoms with Crippen LogP contribution in [0.2, 0.25) is 0 Å². The summed E-state index contributed by atoms with van der Waals surface area (Å²) in [5.74, 6) is -0.911. The maximum absolute atomic E-state index is 11.8. The fraction of sp³-hybridized carbons (Fsp3) is 0.667. The normalized spacial score (nSPS) is 20.5. The van der Waals surface area contributed by atoms with Gasteiger partial charge in [0.2, 0.25) is 5.91 Å². The molecule has 0 aromatic rings. The molecule has 16 heavy (non-hydrogen) atoms. The number of carboxylic acids is 1. The molecule has 0 radical (unpaired) electrons. The minimum Gasteiger partial charge on any atom is -0.480 e. The first-order valence-corrected chi connectivity index (χ1v) is 5.80. The van der Waals surface area contributed by atoms with Gasteiger partial charge < -0.3 is 10.0 Å². The van der Waals surface area contributed by atoms with E-state index in [0.717, 1.165) is 25.7 Å². The maximum Gasteiger partial charge on any atom is 0.326 e. The Morgan fingerprint density at radius 2 is 2.19 bits per heavy atom. The first-order valence-electron chi connectivity index (χ1n) is 5.80. The molecule has 1 heterocycles. The standard InChI is InChI=1S/C12H19NO3/c1-2-3-4-8-11(14)13-9-6-5-7-10(13)12(15)16/h2,10H,1,3-9H2,(H,15,16). The van der Waals surface area contributed by atoms with E-state index < -0.39 is 12.0 Å². The van der Waals surface area contributed by atoms with Gasteiger partial charge in [-0.15, -0.1) is 6.58 Å². The molecule has 1 atom stereocenters. The lowest BCUT2D eigenvalue weighted by molar-refractivity contribution is -0.152. The number of carbonyl (C=O) groups is 2. The lowest BCUT2D eigenvalue weighted by Gasteiger charge is -2.33. The monoisotopic (exact) mass is 225 g/mol. The van der Waals surface area contributed by atoms with E-state index in [0.29, 0.717) is 19.4 Å². The Balaban J connectivity index is 2.50. The number of hydrogen-bond acceptors (Lipinski definition) is 2. The second-order valence-corrected chi connectivity index (χ2v) is 4.12. The van der Waals surface area contributed by atoms with Gasteiger partial charge in [0.25, 0.3) is 0 Å². The highest BCUT2D eigenvalue weighted by Crippen LogP contribution is 2.18. The Morgan fingerprint density at radius 1 is 1.44 bits per heavy atom. The molecule has 1 N–H and O–H groups in total. The van der Waals surface area contributed by atoms with E-state index in [4.69, 9.17) is 5.11 Å². The van der Waals surface area contributed by atoms with Crippen LogP contribution < -0.4 is 0 Å². The molecule has 0 aromatic heterocycles. The molecular weight excluding hydrogens is 206 g/mol. The summed E-state index contributed by atoms with van der Waals surface area (Å²) in [7, 11) is 0. The molecule has 1 aliphatic rings. The molecule has 4 nitrogen and oxygen atoms in total. The van der Waals surface area contributed by atoms with Gasteiger partial charge in [0.1, 0.15) is 6.04 Å². The minimum atomic E-state index is -0.878. The van der Waals surface area contributed by atoms with E-state index in [-0.39, 0.29) is 5.91 Å². The molecule has 0 bridgehead atoms. The average molecular weight is 225 g/mol. The van der Waals surface area contributed by atoms with E-state index in [2.05, 4.69) is 6.58 Å². The maximum atomic E-state index is 11.8. The molecule has 0 aromatic carbocycles. The number of unbranched alkanes of at least 4 members (excludes halogenated alkanes) is 1. The van der Waals surface area contributed by atoms with Crippen LogP contribution in [0.1, 0.15) is 38.5 Å². The van der Waals surface area contributed by atoms with Crippen molar-refractivity contribution in [1.29, 1.82) is 0 Å². The number of rotatable bonds is 5. The zero-order valence-electron chi connectivity index (χ0n) is 9.52. The van der Waals surface area contributed by atoms with E-state index >= 15 is 0 Å². The second kappa shape index (κ2) is 6.30. The number of amides is 1. The predicted molar refractivity (Wildman–Crippen MR) is 61.0 cm³/mol. The highest BCUT2D eigenvalue weighted by atomic mass is 16.4. The van der Waals surface area contributed by atoms with Gasteiger partial charge in [-0.3, -0.25) is 4.79 Å². The van der Waals surface area contributed by atoms with E-state index in [9.17, 15) is 9.59 Å². The fourth-order valence-electron chi connectivity index (χ4n) is 2.03. The summed E-state index contributed by atoms with van der Waals surface area (Å²) < 4.78 is 0. The molecule has 0 saturated carbocycles. The van der Waals surface area contributed by atoms with Crippen LogP contribution in [-0.4, -0.2) is 34.5 Å². The van der Waals surface area contributed by atoms with Crippen molar-refractivity contribution in [2.75, 3.05) is 6.54 Å². The quantitative estimate of drug-likeness (QED) is 0.573. The number of likely N-dealkylation sites (tertiary alicyclic amines) is 1. The third kappa shape index (κ3) is 3.36. The van der Waals surface area contributed by atoms with Gasteiger partial charge in [0.15, 0.2) is 0 Å². The summed E-state index contributed by atoms with van der Waals surface area (Å²) in [4.78, 5) is 24.3. The summed E-state index contributed by atoms with van der Waals surface area (Å²) in [6.45, 7) is 4.18. The first kappa shape index (κ1) is 12.7. The fourth-order valence-corrected chi connectivity index (χ4v) is 2.03. The van der Waals surface area contributed by atoms with Crippen LogP contribution in [0.25, 0.3) is 0 Å². The van der Waals surface area contributed by atoms with Crippen LogP contribution in [0.4, 0.5) is 0 Å². The zero-order valence-corrected chi connectivity index (χ0v) is 9.52. The van der Waals surface area contributed by atoms with Crippen molar-refractivity contribution in [3.63, 3.8) is 0 Å². The minimum absolute atomic E-state index is 0.0334. The van der Waals surface area contributed by atoms with Crippen molar-refractivity contribution in [3.05, 3.63) is 12.7 Å². The number of hydrogen-bond donors (Lipinski definition) is 1. The van der Waals surface area contributed by atoms with E-state index in [1.807, 2.05) is 0 Å². The van der Waals surface area contributed by atoms with Gasteiger partial charge in [-0.1, -0.05) is 6.08 Å². The number of allylic oxidation sites excluding steroid dienone is 1. The third-order valence-corrected chi connectivity index (χ3v) is 2.91. The van der Waals surface area contributed by atoms with Crippen LogP contribution in [0.15, 0.2) is 12.7 Å².